The molecule has 3 rings (SSSR count). The molecule has 1 aromatic carbocycles. The quantitative estimate of drug-likeness (QED) is 0.685. The molecule has 120 valence electrons. The molecule has 0 aliphatic heterocycles. The van der Waals surface area contributed by atoms with Crippen LogP contribution in [-0.2, 0) is 6.61 Å². The number of nitrogens with one attached hydrogen (secondary N) is 1. The molecule has 24 heavy (non-hydrogen) atoms. The number of hydrogen-bond acceptors (Lipinski definition) is 5. The fraction of sp³-hybridized carbons (Fsp3) is 0.0556. The van der Waals surface area contributed by atoms with Crippen LogP contribution >= 0.6 is 0 Å². The normalized spacial score (nSPS) is 10.4. The van der Waals surface area contributed by atoms with Crippen LogP contribution < -0.4 is 11.1 Å². The SMILES string of the molecule is Nc1ncc(-c2ccccc2CO)cc1C(=O)Nc1ccncc1. The molecule has 1 amide bonds. The van der Waals surface area contributed by atoms with Crippen LogP contribution in [0.5, 0.6) is 0 Å². The third kappa shape index (κ3) is 3.23. The minimum absolute atomic E-state index is 0.0981. The molecule has 4 N–H and O–H groups in total. The predicted octanol–water partition coefficient (Wildman–Crippen LogP) is 2.47. The monoisotopic (exact) mass is 320 g/mol. The van der Waals surface area contributed by atoms with Gasteiger partial charge in [-0.05, 0) is 29.3 Å². The minimum atomic E-state index is -0.352. The number of carbonyl (C=O) groups is 1. The topological polar surface area (TPSA) is 101 Å². The van der Waals surface area contributed by atoms with E-state index in [2.05, 4.69) is 15.3 Å². The lowest BCUT2D eigenvalue weighted by atomic mass is 10.00. The summed E-state index contributed by atoms with van der Waals surface area (Å²) in [4.78, 5) is 20.5. The molecule has 0 spiro atoms. The standard InChI is InChI=1S/C18H16N4O2/c19-17-16(18(24)22-14-5-7-20-8-6-14)9-13(10-21-17)15-4-2-1-3-12(15)11-23/h1-10,23H,11H2,(H2,19,21)(H,20,22,24). The third-order valence-electron chi connectivity index (χ3n) is 3.60. The van der Waals surface area contributed by atoms with Crippen molar-refractivity contribution < 1.29 is 9.90 Å². The van der Waals surface area contributed by atoms with Crippen LogP contribution in [0.3, 0.4) is 0 Å². The third-order valence-corrected chi connectivity index (χ3v) is 3.60. The first-order chi connectivity index (χ1) is 11.7. The number of benzene rings is 1. The van der Waals surface area contributed by atoms with Gasteiger partial charge < -0.3 is 16.2 Å². The summed E-state index contributed by atoms with van der Waals surface area (Å²) < 4.78 is 0. The van der Waals surface area contributed by atoms with Gasteiger partial charge in [0.1, 0.15) is 5.82 Å². The number of hydrogen-bond donors (Lipinski definition) is 3. The zero-order chi connectivity index (χ0) is 16.9. The number of amides is 1. The van der Waals surface area contributed by atoms with Crippen LogP contribution in [0, 0.1) is 0 Å². The molecule has 0 radical (unpaired) electrons. The molecule has 0 aliphatic rings. The lowest BCUT2D eigenvalue weighted by Crippen LogP contribution is -2.15. The van der Waals surface area contributed by atoms with Gasteiger partial charge >= 0.3 is 0 Å². The van der Waals surface area contributed by atoms with Gasteiger partial charge in [0, 0.05) is 29.8 Å². The number of rotatable bonds is 4. The van der Waals surface area contributed by atoms with Crippen molar-refractivity contribution in [2.45, 2.75) is 6.61 Å². The Labute approximate surface area is 139 Å². The number of aromatic nitrogens is 2. The van der Waals surface area contributed by atoms with Crippen molar-refractivity contribution in [1.82, 2.24) is 9.97 Å². The van der Waals surface area contributed by atoms with Crippen LogP contribution in [0.1, 0.15) is 15.9 Å². The van der Waals surface area contributed by atoms with Gasteiger partial charge in [-0.25, -0.2) is 4.98 Å². The van der Waals surface area contributed by atoms with Crippen molar-refractivity contribution in [2.75, 3.05) is 11.1 Å². The van der Waals surface area contributed by atoms with Gasteiger partial charge in [-0.3, -0.25) is 9.78 Å². The lowest BCUT2D eigenvalue weighted by molar-refractivity contribution is 0.102. The number of nitrogen functional groups attached to an aromatic ring is 1. The number of anilines is 2. The van der Waals surface area contributed by atoms with E-state index in [1.807, 2.05) is 24.3 Å². The number of pyridine rings is 2. The van der Waals surface area contributed by atoms with Crippen molar-refractivity contribution >= 4 is 17.4 Å². The second kappa shape index (κ2) is 6.89. The largest absolute Gasteiger partial charge is 0.392 e. The molecule has 0 unspecified atom stereocenters. The van der Waals surface area contributed by atoms with Gasteiger partial charge in [-0.2, -0.15) is 0 Å². The Bertz CT molecular complexity index is 866. The smallest absolute Gasteiger partial charge is 0.259 e. The van der Waals surface area contributed by atoms with E-state index in [1.165, 1.54) is 0 Å². The molecule has 6 heteroatoms. The summed E-state index contributed by atoms with van der Waals surface area (Å²) in [6.45, 7) is -0.0981. The van der Waals surface area contributed by atoms with E-state index in [1.54, 1.807) is 36.8 Å². The summed E-state index contributed by atoms with van der Waals surface area (Å²) in [5.41, 5.74) is 9.04. The lowest BCUT2D eigenvalue weighted by Gasteiger charge is -2.11. The van der Waals surface area contributed by atoms with Gasteiger partial charge in [0.05, 0.1) is 12.2 Å². The van der Waals surface area contributed by atoms with E-state index in [0.29, 0.717) is 11.3 Å². The molecule has 6 nitrogen and oxygen atoms in total. The Balaban J connectivity index is 1.96. The summed E-state index contributed by atoms with van der Waals surface area (Å²) in [5, 5.41) is 12.2. The van der Waals surface area contributed by atoms with Gasteiger partial charge in [0.2, 0.25) is 0 Å². The zero-order valence-electron chi connectivity index (χ0n) is 12.8. The van der Waals surface area contributed by atoms with E-state index in [0.717, 1.165) is 11.1 Å². The van der Waals surface area contributed by atoms with Crippen molar-refractivity contribution in [3.63, 3.8) is 0 Å². The van der Waals surface area contributed by atoms with Gasteiger partial charge in [0.15, 0.2) is 0 Å². The Hall–Kier alpha value is -3.25. The Morgan fingerprint density at radius 1 is 1.17 bits per heavy atom. The number of carbonyl (C=O) groups excluding carboxylic acids is 1. The van der Waals surface area contributed by atoms with Crippen LogP contribution in [0.15, 0.2) is 61.1 Å². The van der Waals surface area contributed by atoms with E-state index in [4.69, 9.17) is 5.73 Å². The number of nitrogens with zero attached hydrogens (tertiary/aromatic N) is 2. The molecule has 0 saturated heterocycles. The van der Waals surface area contributed by atoms with Crippen LogP contribution in [0.4, 0.5) is 11.5 Å². The number of aliphatic hydroxyl groups is 1. The van der Waals surface area contributed by atoms with Crippen LogP contribution in [0.25, 0.3) is 11.1 Å². The highest BCUT2D eigenvalue weighted by molar-refractivity contribution is 6.07. The average molecular weight is 320 g/mol. The summed E-state index contributed by atoms with van der Waals surface area (Å²) >= 11 is 0. The van der Waals surface area contributed by atoms with Crippen molar-refractivity contribution in [2.24, 2.45) is 0 Å². The van der Waals surface area contributed by atoms with Crippen molar-refractivity contribution in [3.8, 4) is 11.1 Å². The van der Waals surface area contributed by atoms with Crippen molar-refractivity contribution in [3.05, 3.63) is 72.2 Å². The van der Waals surface area contributed by atoms with Gasteiger partial charge in [-0.1, -0.05) is 24.3 Å². The number of nitrogens with two attached hydrogens (primary N) is 1. The molecule has 2 aromatic heterocycles. The van der Waals surface area contributed by atoms with Crippen molar-refractivity contribution in [1.29, 1.82) is 0 Å². The molecule has 3 aromatic rings. The second-order valence-electron chi connectivity index (χ2n) is 5.16. The second-order valence-corrected chi connectivity index (χ2v) is 5.16. The first-order valence-electron chi connectivity index (χ1n) is 7.35. The fourth-order valence-corrected chi connectivity index (χ4v) is 2.38. The van der Waals surface area contributed by atoms with E-state index < -0.39 is 0 Å². The van der Waals surface area contributed by atoms with E-state index >= 15 is 0 Å². The maximum atomic E-state index is 12.5. The zero-order valence-corrected chi connectivity index (χ0v) is 12.8. The van der Waals surface area contributed by atoms with Gasteiger partial charge in [0.25, 0.3) is 5.91 Å². The summed E-state index contributed by atoms with van der Waals surface area (Å²) in [6.07, 6.45) is 4.77. The highest BCUT2D eigenvalue weighted by Gasteiger charge is 2.14. The Morgan fingerprint density at radius 2 is 1.92 bits per heavy atom. The first-order valence-corrected chi connectivity index (χ1v) is 7.35. The predicted molar refractivity (Wildman–Crippen MR) is 92.2 cm³/mol. The molecular weight excluding hydrogens is 304 g/mol. The van der Waals surface area contributed by atoms with Crippen LogP contribution in [0.2, 0.25) is 0 Å². The molecule has 0 saturated carbocycles. The highest BCUT2D eigenvalue weighted by atomic mass is 16.3. The minimum Gasteiger partial charge on any atom is -0.392 e. The van der Waals surface area contributed by atoms with E-state index in [9.17, 15) is 9.90 Å². The Kier molecular flexibility index (Phi) is 4.49. The Morgan fingerprint density at radius 3 is 2.67 bits per heavy atom. The summed E-state index contributed by atoms with van der Waals surface area (Å²) in [6, 6.07) is 12.4. The maximum absolute atomic E-state index is 12.5. The summed E-state index contributed by atoms with van der Waals surface area (Å²) in [7, 11) is 0. The molecule has 0 bridgehead atoms. The van der Waals surface area contributed by atoms with Crippen LogP contribution in [-0.4, -0.2) is 21.0 Å². The molecule has 0 atom stereocenters. The fourth-order valence-electron chi connectivity index (χ4n) is 2.38. The van der Waals surface area contributed by atoms with Gasteiger partial charge in [-0.15, -0.1) is 0 Å². The maximum Gasteiger partial charge on any atom is 0.259 e. The summed E-state index contributed by atoms with van der Waals surface area (Å²) in [5.74, 6) is -0.207. The molecular formula is C18H16N4O2. The average Bonchev–Trinajstić information content (AvgIpc) is 2.63. The molecule has 2 heterocycles. The highest BCUT2D eigenvalue weighted by Crippen LogP contribution is 2.26. The first kappa shape index (κ1) is 15.6. The van der Waals surface area contributed by atoms with E-state index in [-0.39, 0.29) is 23.9 Å². The molecule has 0 aliphatic carbocycles. The number of aliphatic hydroxyl groups excluding tert-OH is 1. The molecule has 0 fully saturated rings.